The van der Waals surface area contributed by atoms with E-state index in [0.717, 1.165) is 66.4 Å². The van der Waals surface area contributed by atoms with Crippen LogP contribution in [-0.2, 0) is 26.6 Å². The largest absolute Gasteiger partial charge is 0.493 e. The number of para-hydroxylation sites is 1. The van der Waals surface area contributed by atoms with E-state index in [9.17, 15) is 0 Å². The lowest BCUT2D eigenvalue weighted by Crippen LogP contribution is -2.48. The number of aromatic nitrogens is 6. The molecule has 0 spiro atoms. The first kappa shape index (κ1) is 23.5. The number of benzene rings is 1. The van der Waals surface area contributed by atoms with Crippen LogP contribution in [0.15, 0.2) is 29.3 Å². The monoisotopic (exact) mass is 563 g/mol. The summed E-state index contributed by atoms with van der Waals surface area (Å²) in [5.74, 6) is 5.27. The van der Waals surface area contributed by atoms with Crippen molar-refractivity contribution in [1.29, 1.82) is 0 Å². The number of hydrogen-bond donors (Lipinski definition) is 2. The predicted octanol–water partition coefficient (Wildman–Crippen LogP) is 2.22. The lowest BCUT2D eigenvalue weighted by atomic mass is 10.0. The molecule has 0 amide bonds. The second-order valence-corrected chi connectivity index (χ2v) is 8.40. The second-order valence-electron chi connectivity index (χ2n) is 8.40. The Morgan fingerprint density at radius 2 is 2.03 bits per heavy atom. The van der Waals surface area contributed by atoms with Crippen LogP contribution < -0.4 is 15.4 Å². The van der Waals surface area contributed by atoms with E-state index in [0.29, 0.717) is 13.2 Å². The third-order valence-corrected chi connectivity index (χ3v) is 6.14. The highest BCUT2D eigenvalue weighted by atomic mass is 127. The Labute approximate surface area is 210 Å². The fourth-order valence-electron chi connectivity index (χ4n) is 4.27. The molecule has 0 bridgehead atoms. The van der Waals surface area contributed by atoms with Crippen LogP contribution in [-0.4, -0.2) is 48.1 Å². The molecular weight excluding hydrogens is 533 g/mol. The van der Waals surface area contributed by atoms with Gasteiger partial charge in [0.25, 0.3) is 0 Å². The highest BCUT2D eigenvalue weighted by Crippen LogP contribution is 2.31. The number of aliphatic imine (C=N–C) groups is 1. The molecule has 2 unspecified atom stereocenters. The third kappa shape index (κ3) is 5.12. The molecule has 2 aromatic heterocycles. The highest BCUT2D eigenvalue weighted by molar-refractivity contribution is 14.0. The molecule has 176 valence electrons. The summed E-state index contributed by atoms with van der Waals surface area (Å²) in [6.07, 6.45) is 2.75. The summed E-state index contributed by atoms with van der Waals surface area (Å²) in [6, 6.07) is 8.52. The van der Waals surface area contributed by atoms with Gasteiger partial charge in [-0.25, -0.2) is 14.7 Å². The molecule has 10 nitrogen and oxygen atoms in total. The summed E-state index contributed by atoms with van der Waals surface area (Å²) in [5.41, 5.74) is 1.15. The number of nitrogens with zero attached hydrogens (tertiary/aromatic N) is 7. The average molecular weight is 563 g/mol. The number of guanidine groups is 1. The Hall–Kier alpha value is -2.70. The molecule has 0 saturated carbocycles. The number of fused-ring (bicyclic) bond motifs is 2. The average Bonchev–Trinajstić information content (AvgIpc) is 3.32. The SMILES string of the molecule is Cc1nc2n(n1)CC(NC(=NCc1nnc(C)n1C)NC1CCOc3ccccc31)CC2.I. The number of aryl methyl sites for hydroxylation is 3. The van der Waals surface area contributed by atoms with E-state index in [4.69, 9.17) is 9.73 Å². The van der Waals surface area contributed by atoms with Gasteiger partial charge in [0.15, 0.2) is 11.8 Å². The van der Waals surface area contributed by atoms with Gasteiger partial charge in [-0.3, -0.25) is 0 Å². The molecule has 3 aromatic rings. The van der Waals surface area contributed by atoms with Crippen molar-refractivity contribution in [3.8, 4) is 5.75 Å². The maximum absolute atomic E-state index is 5.83. The molecule has 0 radical (unpaired) electrons. The molecule has 0 aliphatic carbocycles. The first-order valence-corrected chi connectivity index (χ1v) is 11.1. The van der Waals surface area contributed by atoms with Gasteiger partial charge < -0.3 is 19.9 Å². The second kappa shape index (κ2) is 10.1. The van der Waals surface area contributed by atoms with Crippen molar-refractivity contribution in [2.24, 2.45) is 12.0 Å². The number of rotatable bonds is 4. The van der Waals surface area contributed by atoms with Gasteiger partial charge in [0.1, 0.15) is 29.8 Å². The zero-order chi connectivity index (χ0) is 22.1. The number of ether oxygens (including phenoxy) is 1. The van der Waals surface area contributed by atoms with Crippen LogP contribution >= 0.6 is 24.0 Å². The molecule has 2 aliphatic heterocycles. The van der Waals surface area contributed by atoms with Gasteiger partial charge in [0, 0.05) is 31.5 Å². The summed E-state index contributed by atoms with van der Waals surface area (Å²) in [7, 11) is 1.96. The standard InChI is InChI=1S/C22H29N9O.HI/c1-14-24-20-9-8-16(13-31(20)29-14)25-22(23-12-21-28-27-15(2)30(21)3)26-18-10-11-32-19-7-5-4-6-17(18)19;/h4-7,16,18H,8-13H2,1-3H3,(H2,23,25,26);1H. The summed E-state index contributed by atoms with van der Waals surface area (Å²) in [4.78, 5) is 9.39. The minimum atomic E-state index is 0. The lowest BCUT2D eigenvalue weighted by Gasteiger charge is -2.30. The first-order valence-electron chi connectivity index (χ1n) is 11.1. The molecule has 2 atom stereocenters. The highest BCUT2D eigenvalue weighted by Gasteiger charge is 2.25. The van der Waals surface area contributed by atoms with Gasteiger partial charge in [0.2, 0.25) is 0 Å². The van der Waals surface area contributed by atoms with Gasteiger partial charge in [-0.1, -0.05) is 18.2 Å². The van der Waals surface area contributed by atoms with E-state index >= 15 is 0 Å². The Kier molecular flexibility index (Phi) is 7.15. The maximum Gasteiger partial charge on any atom is 0.192 e. The quantitative estimate of drug-likeness (QED) is 0.285. The molecule has 5 rings (SSSR count). The molecule has 11 heteroatoms. The number of nitrogens with one attached hydrogen (secondary N) is 2. The van der Waals surface area contributed by atoms with Crippen LogP contribution in [0.25, 0.3) is 0 Å². The van der Waals surface area contributed by atoms with Crippen molar-refractivity contribution in [1.82, 2.24) is 40.2 Å². The van der Waals surface area contributed by atoms with Gasteiger partial charge in [0.05, 0.1) is 19.2 Å². The van der Waals surface area contributed by atoms with Gasteiger partial charge in [-0.15, -0.1) is 34.2 Å². The van der Waals surface area contributed by atoms with E-state index in [2.05, 4.69) is 37.0 Å². The van der Waals surface area contributed by atoms with E-state index in [1.54, 1.807) is 0 Å². The predicted molar refractivity (Wildman–Crippen MR) is 135 cm³/mol. The Bertz CT molecular complexity index is 1140. The van der Waals surface area contributed by atoms with Crippen molar-refractivity contribution in [2.75, 3.05) is 6.61 Å². The Morgan fingerprint density at radius 1 is 1.18 bits per heavy atom. The number of halogens is 1. The molecule has 33 heavy (non-hydrogen) atoms. The summed E-state index contributed by atoms with van der Waals surface area (Å²) >= 11 is 0. The zero-order valence-electron chi connectivity index (χ0n) is 19.2. The van der Waals surface area contributed by atoms with Crippen LogP contribution in [0.5, 0.6) is 5.75 Å². The molecule has 1 aromatic carbocycles. The summed E-state index contributed by atoms with van der Waals surface area (Å²) in [6.45, 7) is 5.77. The van der Waals surface area contributed by atoms with Crippen LogP contribution in [0.3, 0.4) is 0 Å². The molecule has 2 N–H and O–H groups in total. The fourth-order valence-corrected chi connectivity index (χ4v) is 4.27. The van der Waals surface area contributed by atoms with Crippen LogP contribution in [0.4, 0.5) is 0 Å². The molecule has 0 saturated heterocycles. The fraction of sp³-hybridized carbons (Fsp3) is 0.500. The van der Waals surface area contributed by atoms with Crippen molar-refractivity contribution in [2.45, 2.75) is 58.3 Å². The van der Waals surface area contributed by atoms with Crippen molar-refractivity contribution >= 4 is 29.9 Å². The molecule has 4 heterocycles. The Morgan fingerprint density at radius 3 is 2.85 bits per heavy atom. The Balaban J connectivity index is 0.00000259. The van der Waals surface area contributed by atoms with Crippen LogP contribution in [0.1, 0.15) is 47.7 Å². The smallest absolute Gasteiger partial charge is 0.192 e. The van der Waals surface area contributed by atoms with Crippen LogP contribution in [0.2, 0.25) is 0 Å². The maximum atomic E-state index is 5.83. The third-order valence-electron chi connectivity index (χ3n) is 6.14. The van der Waals surface area contributed by atoms with Gasteiger partial charge in [-0.05, 0) is 26.3 Å². The van der Waals surface area contributed by atoms with E-state index in [1.807, 2.05) is 48.3 Å². The van der Waals surface area contributed by atoms with Crippen LogP contribution in [0, 0.1) is 13.8 Å². The van der Waals surface area contributed by atoms with E-state index in [1.165, 1.54) is 0 Å². The lowest BCUT2D eigenvalue weighted by molar-refractivity contribution is 0.261. The van der Waals surface area contributed by atoms with E-state index < -0.39 is 0 Å². The molecule has 0 fully saturated rings. The van der Waals surface area contributed by atoms with Crippen molar-refractivity contribution in [3.63, 3.8) is 0 Å². The first-order chi connectivity index (χ1) is 15.6. The molecule has 2 aliphatic rings. The van der Waals surface area contributed by atoms with Crippen molar-refractivity contribution in [3.05, 3.63) is 53.1 Å². The normalized spacial score (nSPS) is 19.7. The van der Waals surface area contributed by atoms with Gasteiger partial charge >= 0.3 is 0 Å². The zero-order valence-corrected chi connectivity index (χ0v) is 21.5. The topological polar surface area (TPSA) is 107 Å². The van der Waals surface area contributed by atoms with E-state index in [-0.39, 0.29) is 36.1 Å². The summed E-state index contributed by atoms with van der Waals surface area (Å²) < 4.78 is 9.81. The minimum Gasteiger partial charge on any atom is -0.493 e. The van der Waals surface area contributed by atoms with Crippen molar-refractivity contribution < 1.29 is 4.74 Å². The molecular formula is C22H30IN9O. The number of hydrogen-bond acceptors (Lipinski definition) is 6. The minimum absolute atomic E-state index is 0. The summed E-state index contributed by atoms with van der Waals surface area (Å²) in [5, 5.41) is 20.2. The van der Waals surface area contributed by atoms with Gasteiger partial charge in [-0.2, -0.15) is 5.10 Å².